The maximum atomic E-state index is 12.1. The summed E-state index contributed by atoms with van der Waals surface area (Å²) in [6, 6.07) is 5.56. The van der Waals surface area contributed by atoms with E-state index < -0.39 is 18.8 Å². The molecular formula is C14H22ClF2NO2. The molecule has 6 heteroatoms. The Labute approximate surface area is 124 Å². The summed E-state index contributed by atoms with van der Waals surface area (Å²) in [7, 11) is 0. The van der Waals surface area contributed by atoms with Gasteiger partial charge in [0.1, 0.15) is 5.75 Å². The fraction of sp³-hybridized carbons (Fsp3) is 0.571. The largest absolute Gasteiger partial charge is 0.435 e. The van der Waals surface area contributed by atoms with Gasteiger partial charge in [-0.25, -0.2) is 0 Å². The van der Waals surface area contributed by atoms with E-state index in [1.807, 2.05) is 0 Å². The summed E-state index contributed by atoms with van der Waals surface area (Å²) in [6.45, 7) is 1.27. The number of hydrogen-bond acceptors (Lipinski definition) is 3. The first kappa shape index (κ1) is 19.1. The van der Waals surface area contributed by atoms with Gasteiger partial charge < -0.3 is 15.6 Å². The zero-order chi connectivity index (χ0) is 14.4. The normalized spacial score (nSPS) is 14.0. The first-order valence-corrected chi connectivity index (χ1v) is 6.38. The number of halogens is 3. The summed E-state index contributed by atoms with van der Waals surface area (Å²) < 4.78 is 28.5. The van der Waals surface area contributed by atoms with E-state index in [1.165, 1.54) is 12.1 Å². The molecule has 1 aromatic carbocycles. The van der Waals surface area contributed by atoms with Crippen LogP contribution in [0, 0.1) is 5.92 Å². The van der Waals surface area contributed by atoms with E-state index in [2.05, 4.69) is 18.6 Å². The predicted octanol–water partition coefficient (Wildman–Crippen LogP) is 3.51. The lowest BCUT2D eigenvalue weighted by molar-refractivity contribution is -0.0499. The third kappa shape index (κ3) is 6.50. The minimum Gasteiger partial charge on any atom is -0.435 e. The highest BCUT2D eigenvalue weighted by molar-refractivity contribution is 5.85. The lowest BCUT2D eigenvalue weighted by Crippen LogP contribution is -2.26. The Kier molecular flexibility index (Phi) is 8.69. The zero-order valence-corrected chi connectivity index (χ0v) is 12.4. The van der Waals surface area contributed by atoms with Crippen molar-refractivity contribution in [2.75, 3.05) is 0 Å². The van der Waals surface area contributed by atoms with Crippen LogP contribution >= 0.6 is 12.4 Å². The van der Waals surface area contributed by atoms with Crippen LogP contribution in [-0.4, -0.2) is 17.8 Å². The summed E-state index contributed by atoms with van der Waals surface area (Å²) in [5, 5.41) is 9.98. The van der Waals surface area contributed by atoms with E-state index in [0.717, 1.165) is 6.42 Å². The summed E-state index contributed by atoms with van der Waals surface area (Å²) in [6.07, 6.45) is 0.755. The van der Waals surface area contributed by atoms with Crippen LogP contribution in [0.1, 0.15) is 38.3 Å². The molecule has 0 radical (unpaired) electrons. The van der Waals surface area contributed by atoms with Gasteiger partial charge in [-0.2, -0.15) is 8.78 Å². The lowest BCUT2D eigenvalue weighted by Gasteiger charge is -2.20. The van der Waals surface area contributed by atoms with Gasteiger partial charge in [0.15, 0.2) is 0 Å². The van der Waals surface area contributed by atoms with Crippen LogP contribution in [-0.2, 0) is 0 Å². The van der Waals surface area contributed by atoms with Crippen molar-refractivity contribution in [2.45, 2.75) is 45.4 Å². The number of aliphatic hydroxyl groups is 1. The molecule has 0 aliphatic heterocycles. The van der Waals surface area contributed by atoms with Crippen LogP contribution in [0.4, 0.5) is 8.78 Å². The molecule has 2 atom stereocenters. The third-order valence-corrected chi connectivity index (χ3v) is 2.92. The van der Waals surface area contributed by atoms with Gasteiger partial charge in [-0.1, -0.05) is 26.0 Å². The Morgan fingerprint density at radius 2 is 1.90 bits per heavy atom. The molecule has 0 fully saturated rings. The number of alkyl halides is 2. The number of nitrogens with two attached hydrogens (primary N) is 1. The van der Waals surface area contributed by atoms with Crippen molar-refractivity contribution in [1.82, 2.24) is 0 Å². The molecule has 0 spiro atoms. The van der Waals surface area contributed by atoms with Gasteiger partial charge in [-0.05, 0) is 36.5 Å². The quantitative estimate of drug-likeness (QED) is 0.810. The summed E-state index contributed by atoms with van der Waals surface area (Å²) in [4.78, 5) is 0. The van der Waals surface area contributed by atoms with E-state index in [1.54, 1.807) is 12.1 Å². The van der Waals surface area contributed by atoms with Crippen LogP contribution in [0.2, 0.25) is 0 Å². The van der Waals surface area contributed by atoms with Gasteiger partial charge in [-0.3, -0.25) is 0 Å². The van der Waals surface area contributed by atoms with Gasteiger partial charge >= 0.3 is 6.61 Å². The fourth-order valence-electron chi connectivity index (χ4n) is 1.80. The minimum atomic E-state index is -2.86. The molecule has 0 amide bonds. The molecule has 20 heavy (non-hydrogen) atoms. The first-order chi connectivity index (χ1) is 8.90. The van der Waals surface area contributed by atoms with Crippen molar-refractivity contribution in [2.24, 2.45) is 11.7 Å². The Bertz CT molecular complexity index is 391. The monoisotopic (exact) mass is 309 g/mol. The van der Waals surface area contributed by atoms with Crippen LogP contribution in [0.3, 0.4) is 0 Å². The smallest absolute Gasteiger partial charge is 0.387 e. The second-order valence-electron chi connectivity index (χ2n) is 5.02. The Morgan fingerprint density at radius 3 is 2.45 bits per heavy atom. The molecule has 0 aliphatic rings. The molecule has 0 saturated carbocycles. The topological polar surface area (TPSA) is 55.5 Å². The van der Waals surface area contributed by atoms with E-state index >= 15 is 0 Å². The third-order valence-electron chi connectivity index (χ3n) is 2.92. The molecule has 1 rings (SSSR count). The van der Waals surface area contributed by atoms with Crippen LogP contribution in [0.5, 0.6) is 5.75 Å². The van der Waals surface area contributed by atoms with E-state index in [0.29, 0.717) is 17.9 Å². The van der Waals surface area contributed by atoms with Crippen molar-refractivity contribution < 1.29 is 18.6 Å². The fourth-order valence-corrected chi connectivity index (χ4v) is 1.80. The molecule has 3 nitrogen and oxygen atoms in total. The average molecular weight is 310 g/mol. The molecule has 116 valence electrons. The Morgan fingerprint density at radius 1 is 1.25 bits per heavy atom. The lowest BCUT2D eigenvalue weighted by atomic mass is 9.96. The molecule has 0 heterocycles. The van der Waals surface area contributed by atoms with Gasteiger partial charge in [0.25, 0.3) is 0 Å². The number of rotatable bonds is 7. The van der Waals surface area contributed by atoms with Gasteiger partial charge in [-0.15, -0.1) is 12.4 Å². The Hall–Kier alpha value is -0.910. The SMILES string of the molecule is CC(C)CC[C@H](O)[C@H](N)c1cccc(OC(F)F)c1.Cl. The highest BCUT2D eigenvalue weighted by Crippen LogP contribution is 2.23. The van der Waals surface area contributed by atoms with Crippen LogP contribution in [0.25, 0.3) is 0 Å². The molecule has 0 bridgehead atoms. The molecule has 0 aliphatic carbocycles. The molecule has 0 saturated heterocycles. The van der Waals surface area contributed by atoms with Crippen molar-refractivity contribution in [3.05, 3.63) is 29.8 Å². The van der Waals surface area contributed by atoms with Crippen LogP contribution in [0.15, 0.2) is 24.3 Å². The van der Waals surface area contributed by atoms with Crippen molar-refractivity contribution in [3.63, 3.8) is 0 Å². The highest BCUT2D eigenvalue weighted by atomic mass is 35.5. The Balaban J connectivity index is 0.00000361. The molecule has 1 aromatic rings. The number of aliphatic hydroxyl groups excluding tert-OH is 1. The summed E-state index contributed by atoms with van der Waals surface area (Å²) >= 11 is 0. The maximum absolute atomic E-state index is 12.1. The van der Waals surface area contributed by atoms with Gasteiger partial charge in [0.05, 0.1) is 12.1 Å². The van der Waals surface area contributed by atoms with Crippen molar-refractivity contribution in [3.8, 4) is 5.75 Å². The summed E-state index contributed by atoms with van der Waals surface area (Å²) in [5.74, 6) is 0.536. The number of hydrogen-bond donors (Lipinski definition) is 2. The maximum Gasteiger partial charge on any atom is 0.387 e. The average Bonchev–Trinajstić information content (AvgIpc) is 2.34. The second-order valence-corrected chi connectivity index (χ2v) is 5.02. The van der Waals surface area contributed by atoms with Gasteiger partial charge in [0, 0.05) is 0 Å². The molecule has 0 aromatic heterocycles. The molecular weight excluding hydrogens is 288 g/mol. The van der Waals surface area contributed by atoms with Crippen molar-refractivity contribution in [1.29, 1.82) is 0 Å². The van der Waals surface area contributed by atoms with Gasteiger partial charge in [0.2, 0.25) is 0 Å². The zero-order valence-electron chi connectivity index (χ0n) is 11.6. The standard InChI is InChI=1S/C14H21F2NO2.ClH/c1-9(2)6-7-12(18)13(17)10-4-3-5-11(8-10)19-14(15)16;/h3-5,8-9,12-14,18H,6-7,17H2,1-2H3;1H/t12-,13+;/m0./s1. The first-order valence-electron chi connectivity index (χ1n) is 6.38. The highest BCUT2D eigenvalue weighted by Gasteiger charge is 2.18. The van der Waals surface area contributed by atoms with E-state index in [-0.39, 0.29) is 18.2 Å². The summed E-state index contributed by atoms with van der Waals surface area (Å²) in [5.41, 5.74) is 6.52. The van der Waals surface area contributed by atoms with E-state index in [4.69, 9.17) is 5.73 Å². The second kappa shape index (κ2) is 9.10. The number of ether oxygens (including phenoxy) is 1. The predicted molar refractivity (Wildman–Crippen MR) is 77.3 cm³/mol. The molecule has 3 N–H and O–H groups in total. The van der Waals surface area contributed by atoms with Crippen molar-refractivity contribution >= 4 is 12.4 Å². The van der Waals surface area contributed by atoms with Crippen LogP contribution < -0.4 is 10.5 Å². The minimum absolute atomic E-state index is 0. The molecule has 0 unspecified atom stereocenters. The number of benzene rings is 1. The van der Waals surface area contributed by atoms with E-state index in [9.17, 15) is 13.9 Å².